The van der Waals surface area contributed by atoms with Crippen molar-refractivity contribution in [1.82, 2.24) is 9.88 Å². The van der Waals surface area contributed by atoms with Crippen LogP contribution in [-0.2, 0) is 4.74 Å². The SMILES string of the molecule is CCOC(=O)c1ccc(N2CCCN(C(=O)Nc3cccc(Cl)c3F)CC2)nc1. The van der Waals surface area contributed by atoms with E-state index in [2.05, 4.69) is 10.3 Å². The number of nitrogens with zero attached hydrogens (tertiary/aromatic N) is 3. The summed E-state index contributed by atoms with van der Waals surface area (Å²) < 4.78 is 19.0. The van der Waals surface area contributed by atoms with Gasteiger partial charge >= 0.3 is 12.0 Å². The van der Waals surface area contributed by atoms with Crippen LogP contribution < -0.4 is 10.2 Å². The molecule has 0 atom stereocenters. The van der Waals surface area contributed by atoms with Crippen LogP contribution in [0.5, 0.6) is 0 Å². The molecule has 7 nitrogen and oxygen atoms in total. The zero-order valence-corrected chi connectivity index (χ0v) is 16.8. The molecule has 0 spiro atoms. The van der Waals surface area contributed by atoms with E-state index < -0.39 is 11.8 Å². The summed E-state index contributed by atoms with van der Waals surface area (Å²) in [5, 5.41) is 2.54. The molecular weight excluding hydrogens is 399 g/mol. The van der Waals surface area contributed by atoms with Crippen molar-refractivity contribution < 1.29 is 18.7 Å². The first-order valence-electron chi connectivity index (χ1n) is 9.37. The van der Waals surface area contributed by atoms with Gasteiger partial charge in [-0.25, -0.2) is 19.0 Å². The summed E-state index contributed by atoms with van der Waals surface area (Å²) in [4.78, 5) is 32.3. The summed E-state index contributed by atoms with van der Waals surface area (Å²) in [5.41, 5.74) is 0.454. The average Bonchev–Trinajstić information content (AvgIpc) is 2.98. The highest BCUT2D eigenvalue weighted by Gasteiger charge is 2.21. The first-order valence-corrected chi connectivity index (χ1v) is 9.75. The Bertz CT molecular complexity index is 879. The number of ether oxygens (including phenoxy) is 1. The quantitative estimate of drug-likeness (QED) is 0.761. The molecule has 1 aliphatic rings. The van der Waals surface area contributed by atoms with Gasteiger partial charge in [0.1, 0.15) is 5.82 Å². The average molecular weight is 421 g/mol. The summed E-state index contributed by atoms with van der Waals surface area (Å²) in [6, 6.07) is 7.55. The van der Waals surface area contributed by atoms with Crippen molar-refractivity contribution >= 4 is 35.1 Å². The zero-order chi connectivity index (χ0) is 20.8. The summed E-state index contributed by atoms with van der Waals surface area (Å²) in [7, 11) is 0. The monoisotopic (exact) mass is 420 g/mol. The number of amides is 2. The molecule has 2 amide bonds. The van der Waals surface area contributed by atoms with E-state index in [1.54, 1.807) is 30.0 Å². The minimum absolute atomic E-state index is 0.0396. The van der Waals surface area contributed by atoms with Crippen LogP contribution in [0.4, 0.5) is 20.7 Å². The number of carbonyl (C=O) groups is 2. The number of benzene rings is 1. The molecule has 2 heterocycles. The molecule has 0 unspecified atom stereocenters. The van der Waals surface area contributed by atoms with Crippen LogP contribution in [0, 0.1) is 5.82 Å². The predicted molar refractivity (Wildman–Crippen MR) is 109 cm³/mol. The fourth-order valence-electron chi connectivity index (χ4n) is 3.05. The fraction of sp³-hybridized carbons (Fsp3) is 0.350. The Hall–Kier alpha value is -2.87. The third-order valence-electron chi connectivity index (χ3n) is 4.56. The molecule has 1 N–H and O–H groups in total. The van der Waals surface area contributed by atoms with E-state index in [1.165, 1.54) is 18.3 Å². The van der Waals surface area contributed by atoms with Gasteiger partial charge in [0, 0.05) is 32.4 Å². The molecule has 154 valence electrons. The number of hydrogen-bond donors (Lipinski definition) is 1. The number of rotatable bonds is 4. The Morgan fingerprint density at radius 3 is 2.76 bits per heavy atom. The van der Waals surface area contributed by atoms with Gasteiger partial charge in [0.15, 0.2) is 5.82 Å². The number of aromatic nitrogens is 1. The minimum Gasteiger partial charge on any atom is -0.462 e. The number of halogens is 2. The van der Waals surface area contributed by atoms with E-state index in [0.29, 0.717) is 38.3 Å². The fourth-order valence-corrected chi connectivity index (χ4v) is 3.23. The highest BCUT2D eigenvalue weighted by molar-refractivity contribution is 6.31. The normalized spacial score (nSPS) is 14.3. The van der Waals surface area contributed by atoms with E-state index in [-0.39, 0.29) is 16.7 Å². The summed E-state index contributed by atoms with van der Waals surface area (Å²) in [6.45, 7) is 4.32. The minimum atomic E-state index is -0.648. The number of carbonyl (C=O) groups excluding carboxylic acids is 2. The maximum atomic E-state index is 14.0. The molecule has 0 aliphatic carbocycles. The van der Waals surface area contributed by atoms with Crippen molar-refractivity contribution in [3.05, 3.63) is 52.9 Å². The Kier molecular flexibility index (Phi) is 6.87. The van der Waals surface area contributed by atoms with Gasteiger partial charge in [-0.1, -0.05) is 17.7 Å². The lowest BCUT2D eigenvalue weighted by Crippen LogP contribution is -2.38. The molecule has 1 fully saturated rings. The van der Waals surface area contributed by atoms with Crippen LogP contribution in [0.1, 0.15) is 23.7 Å². The third kappa shape index (κ3) is 5.14. The maximum Gasteiger partial charge on any atom is 0.339 e. The lowest BCUT2D eigenvalue weighted by atomic mass is 10.2. The lowest BCUT2D eigenvalue weighted by molar-refractivity contribution is 0.0526. The molecular formula is C20H22ClFN4O3. The number of anilines is 2. The molecule has 3 rings (SSSR count). The standard InChI is InChI=1S/C20H22ClFN4O3/c1-2-29-19(27)14-7-8-17(23-13-14)25-9-4-10-26(12-11-25)20(28)24-16-6-3-5-15(21)18(16)22/h3,5-8,13H,2,4,9-12H2,1H3,(H,24,28). The second kappa shape index (κ2) is 9.56. The number of urea groups is 1. The van der Waals surface area contributed by atoms with Gasteiger partial charge in [0.25, 0.3) is 0 Å². The Labute approximate surface area is 173 Å². The molecule has 0 radical (unpaired) electrons. The van der Waals surface area contributed by atoms with Crippen LogP contribution in [-0.4, -0.2) is 54.7 Å². The van der Waals surface area contributed by atoms with Crippen molar-refractivity contribution in [2.45, 2.75) is 13.3 Å². The molecule has 0 bridgehead atoms. The molecule has 1 aromatic heterocycles. The summed E-state index contributed by atoms with van der Waals surface area (Å²) >= 11 is 5.76. The molecule has 1 saturated heterocycles. The molecule has 9 heteroatoms. The van der Waals surface area contributed by atoms with Gasteiger partial charge in [0.2, 0.25) is 0 Å². The van der Waals surface area contributed by atoms with Crippen LogP contribution in [0.25, 0.3) is 0 Å². The Morgan fingerprint density at radius 1 is 1.21 bits per heavy atom. The van der Waals surface area contributed by atoms with Crippen LogP contribution in [0.15, 0.2) is 36.5 Å². The number of pyridine rings is 1. The summed E-state index contributed by atoms with van der Waals surface area (Å²) in [5.74, 6) is -0.329. The van der Waals surface area contributed by atoms with Gasteiger partial charge < -0.3 is 19.9 Å². The van der Waals surface area contributed by atoms with Crippen LogP contribution in [0.3, 0.4) is 0 Å². The van der Waals surface area contributed by atoms with E-state index in [4.69, 9.17) is 16.3 Å². The number of esters is 1. The smallest absolute Gasteiger partial charge is 0.339 e. The Balaban J connectivity index is 1.60. The van der Waals surface area contributed by atoms with Crippen molar-refractivity contribution in [2.75, 3.05) is 43.0 Å². The Morgan fingerprint density at radius 2 is 2.03 bits per heavy atom. The van der Waals surface area contributed by atoms with Crippen molar-refractivity contribution in [3.63, 3.8) is 0 Å². The van der Waals surface area contributed by atoms with Gasteiger partial charge in [-0.15, -0.1) is 0 Å². The van der Waals surface area contributed by atoms with E-state index in [9.17, 15) is 14.0 Å². The van der Waals surface area contributed by atoms with E-state index >= 15 is 0 Å². The summed E-state index contributed by atoms with van der Waals surface area (Å²) in [6.07, 6.45) is 2.22. The molecule has 1 aromatic carbocycles. The first-order chi connectivity index (χ1) is 14.0. The van der Waals surface area contributed by atoms with Gasteiger partial charge in [-0.3, -0.25) is 0 Å². The van der Waals surface area contributed by atoms with Gasteiger partial charge in [0.05, 0.1) is 22.9 Å². The van der Waals surface area contributed by atoms with Gasteiger partial charge in [-0.05, 0) is 37.6 Å². The van der Waals surface area contributed by atoms with Crippen LogP contribution in [0.2, 0.25) is 5.02 Å². The van der Waals surface area contributed by atoms with Crippen molar-refractivity contribution in [1.29, 1.82) is 0 Å². The molecule has 0 saturated carbocycles. The number of hydrogen-bond acceptors (Lipinski definition) is 5. The second-order valence-electron chi connectivity index (χ2n) is 6.48. The molecule has 1 aliphatic heterocycles. The molecule has 2 aromatic rings. The van der Waals surface area contributed by atoms with E-state index in [1.807, 2.05) is 4.90 Å². The molecule has 29 heavy (non-hydrogen) atoms. The third-order valence-corrected chi connectivity index (χ3v) is 4.85. The topological polar surface area (TPSA) is 74.8 Å². The van der Waals surface area contributed by atoms with Gasteiger partial charge in [-0.2, -0.15) is 0 Å². The zero-order valence-electron chi connectivity index (χ0n) is 16.0. The van der Waals surface area contributed by atoms with E-state index in [0.717, 1.165) is 12.2 Å². The first kappa shape index (κ1) is 20.9. The largest absolute Gasteiger partial charge is 0.462 e. The van der Waals surface area contributed by atoms with Crippen molar-refractivity contribution in [2.24, 2.45) is 0 Å². The number of nitrogens with one attached hydrogen (secondary N) is 1. The maximum absolute atomic E-state index is 14.0. The van der Waals surface area contributed by atoms with Crippen LogP contribution >= 0.6 is 11.6 Å². The van der Waals surface area contributed by atoms with Crippen molar-refractivity contribution in [3.8, 4) is 0 Å². The lowest BCUT2D eigenvalue weighted by Gasteiger charge is -2.23. The second-order valence-corrected chi connectivity index (χ2v) is 6.89. The predicted octanol–water partition coefficient (Wildman–Crippen LogP) is 3.80. The highest BCUT2D eigenvalue weighted by Crippen LogP contribution is 2.22. The highest BCUT2D eigenvalue weighted by atomic mass is 35.5.